The molecule has 0 bridgehead atoms. The molecule has 122 valence electrons. The minimum Gasteiger partial charge on any atom is -0.387 e. The molecule has 0 saturated carbocycles. The topological polar surface area (TPSA) is 26.7 Å². The van der Waals surface area contributed by atoms with Gasteiger partial charge in [0.05, 0.1) is 6.10 Å². The van der Waals surface area contributed by atoms with Crippen LogP contribution in [0.3, 0.4) is 0 Å². The van der Waals surface area contributed by atoms with Crippen molar-refractivity contribution in [1.82, 2.24) is 4.90 Å². The summed E-state index contributed by atoms with van der Waals surface area (Å²) in [6.07, 6.45) is -0.481. The molecule has 1 atom stereocenters. The fourth-order valence-corrected chi connectivity index (χ4v) is 3.21. The third-order valence-electron chi connectivity index (χ3n) is 4.23. The van der Waals surface area contributed by atoms with Crippen LogP contribution in [0.2, 0.25) is 10.0 Å². The number of hydrogen-bond donors (Lipinski definition) is 1. The highest BCUT2D eigenvalue weighted by atomic mass is 35.5. The standard InChI is InChI=1S/C18H20Cl2N2O/c19-15-6-4-14(5-7-15)18(23)13-21-8-10-22(11-9-21)17-3-1-2-16(20)12-17/h1-7,12,18,23H,8-11,13H2/t18-/m0/s1. The summed E-state index contributed by atoms with van der Waals surface area (Å²) in [5, 5.41) is 11.8. The predicted molar refractivity (Wildman–Crippen MR) is 96.5 cm³/mol. The maximum atomic E-state index is 10.4. The molecule has 2 aromatic carbocycles. The first-order chi connectivity index (χ1) is 11.1. The van der Waals surface area contributed by atoms with Gasteiger partial charge in [-0.05, 0) is 35.9 Å². The van der Waals surface area contributed by atoms with Gasteiger partial charge in [0.1, 0.15) is 0 Å². The number of benzene rings is 2. The lowest BCUT2D eigenvalue weighted by atomic mass is 10.1. The van der Waals surface area contributed by atoms with Gasteiger partial charge >= 0.3 is 0 Å². The van der Waals surface area contributed by atoms with Gasteiger partial charge in [-0.2, -0.15) is 0 Å². The van der Waals surface area contributed by atoms with E-state index < -0.39 is 6.10 Å². The molecular formula is C18H20Cl2N2O. The van der Waals surface area contributed by atoms with Crippen molar-refractivity contribution in [3.05, 3.63) is 64.1 Å². The smallest absolute Gasteiger partial charge is 0.0916 e. The summed E-state index contributed by atoms with van der Waals surface area (Å²) in [4.78, 5) is 4.62. The number of aliphatic hydroxyl groups is 1. The van der Waals surface area contributed by atoms with Crippen molar-refractivity contribution in [2.45, 2.75) is 6.10 Å². The number of nitrogens with zero attached hydrogens (tertiary/aromatic N) is 2. The van der Waals surface area contributed by atoms with Gasteiger partial charge < -0.3 is 10.0 Å². The van der Waals surface area contributed by atoms with Crippen molar-refractivity contribution in [3.63, 3.8) is 0 Å². The molecule has 3 rings (SSSR count). The Balaban J connectivity index is 1.54. The van der Waals surface area contributed by atoms with E-state index in [1.54, 1.807) is 0 Å². The van der Waals surface area contributed by atoms with E-state index in [0.29, 0.717) is 11.6 Å². The van der Waals surface area contributed by atoms with Crippen molar-refractivity contribution in [2.24, 2.45) is 0 Å². The van der Waals surface area contributed by atoms with E-state index in [1.165, 1.54) is 0 Å². The molecule has 1 fully saturated rings. The first-order valence-corrected chi connectivity index (χ1v) is 8.54. The van der Waals surface area contributed by atoms with E-state index in [9.17, 15) is 5.11 Å². The Labute approximate surface area is 147 Å². The highest BCUT2D eigenvalue weighted by molar-refractivity contribution is 6.31. The maximum Gasteiger partial charge on any atom is 0.0916 e. The number of β-amino-alcohol motifs (C(OH)–C–C–N with tert-alkyl or cyclic N) is 1. The van der Waals surface area contributed by atoms with Gasteiger partial charge in [0.2, 0.25) is 0 Å². The lowest BCUT2D eigenvalue weighted by Gasteiger charge is -2.37. The van der Waals surface area contributed by atoms with Gasteiger partial charge in [0, 0.05) is 48.5 Å². The van der Waals surface area contributed by atoms with E-state index in [4.69, 9.17) is 23.2 Å². The Morgan fingerprint density at radius 2 is 1.61 bits per heavy atom. The van der Waals surface area contributed by atoms with Crippen LogP contribution in [0, 0.1) is 0 Å². The molecule has 2 aromatic rings. The predicted octanol–water partition coefficient (Wildman–Crippen LogP) is 3.85. The molecule has 1 N–H and O–H groups in total. The van der Waals surface area contributed by atoms with Crippen LogP contribution in [0.25, 0.3) is 0 Å². The quantitative estimate of drug-likeness (QED) is 0.907. The van der Waals surface area contributed by atoms with Gasteiger partial charge in [-0.3, -0.25) is 4.90 Å². The number of aliphatic hydroxyl groups excluding tert-OH is 1. The number of piperazine rings is 1. The summed E-state index contributed by atoms with van der Waals surface area (Å²) < 4.78 is 0. The molecular weight excluding hydrogens is 331 g/mol. The lowest BCUT2D eigenvalue weighted by Crippen LogP contribution is -2.47. The Morgan fingerprint density at radius 3 is 2.26 bits per heavy atom. The second kappa shape index (κ2) is 7.54. The average Bonchev–Trinajstić information content (AvgIpc) is 2.56. The molecule has 0 unspecified atom stereocenters. The summed E-state index contributed by atoms with van der Waals surface area (Å²) in [6, 6.07) is 15.4. The van der Waals surface area contributed by atoms with Crippen molar-refractivity contribution in [3.8, 4) is 0 Å². The second-order valence-corrected chi connectivity index (χ2v) is 6.71. The number of anilines is 1. The molecule has 3 nitrogen and oxygen atoms in total. The summed E-state index contributed by atoms with van der Waals surface area (Å²) in [5.41, 5.74) is 2.07. The third kappa shape index (κ3) is 4.39. The van der Waals surface area contributed by atoms with Crippen LogP contribution in [0.5, 0.6) is 0 Å². The van der Waals surface area contributed by atoms with E-state index >= 15 is 0 Å². The van der Waals surface area contributed by atoms with Gasteiger partial charge in [-0.15, -0.1) is 0 Å². The summed E-state index contributed by atoms with van der Waals surface area (Å²) in [5.74, 6) is 0. The Kier molecular flexibility index (Phi) is 5.44. The second-order valence-electron chi connectivity index (χ2n) is 5.83. The van der Waals surface area contributed by atoms with Crippen LogP contribution in [-0.4, -0.2) is 42.7 Å². The first-order valence-electron chi connectivity index (χ1n) is 7.78. The zero-order valence-corrected chi connectivity index (χ0v) is 14.3. The Bertz CT molecular complexity index is 640. The van der Waals surface area contributed by atoms with Crippen LogP contribution < -0.4 is 4.90 Å². The minimum atomic E-state index is -0.481. The van der Waals surface area contributed by atoms with Crippen LogP contribution >= 0.6 is 23.2 Å². The molecule has 1 heterocycles. The van der Waals surface area contributed by atoms with Gasteiger partial charge in [0.25, 0.3) is 0 Å². The molecule has 0 aliphatic carbocycles. The van der Waals surface area contributed by atoms with Crippen molar-refractivity contribution < 1.29 is 5.11 Å². The molecule has 0 aromatic heterocycles. The van der Waals surface area contributed by atoms with Gasteiger partial charge in [0.15, 0.2) is 0 Å². The molecule has 1 aliphatic heterocycles. The van der Waals surface area contributed by atoms with E-state index in [2.05, 4.69) is 15.9 Å². The number of halogens is 2. The largest absolute Gasteiger partial charge is 0.387 e. The molecule has 1 saturated heterocycles. The SMILES string of the molecule is O[C@@H](CN1CCN(c2cccc(Cl)c2)CC1)c1ccc(Cl)cc1. The summed E-state index contributed by atoms with van der Waals surface area (Å²) >= 11 is 11.9. The van der Waals surface area contributed by atoms with Crippen LogP contribution in [-0.2, 0) is 0 Å². The average molecular weight is 351 g/mol. The lowest BCUT2D eigenvalue weighted by molar-refractivity contribution is 0.109. The molecule has 5 heteroatoms. The molecule has 23 heavy (non-hydrogen) atoms. The van der Waals surface area contributed by atoms with Crippen molar-refractivity contribution in [2.75, 3.05) is 37.6 Å². The van der Waals surface area contributed by atoms with E-state index in [-0.39, 0.29) is 0 Å². The Morgan fingerprint density at radius 1 is 0.913 bits per heavy atom. The zero-order chi connectivity index (χ0) is 16.2. The van der Waals surface area contributed by atoms with Gasteiger partial charge in [-0.1, -0.05) is 41.4 Å². The summed E-state index contributed by atoms with van der Waals surface area (Å²) in [7, 11) is 0. The van der Waals surface area contributed by atoms with Crippen molar-refractivity contribution in [1.29, 1.82) is 0 Å². The number of hydrogen-bond acceptors (Lipinski definition) is 3. The fraction of sp³-hybridized carbons (Fsp3) is 0.333. The molecule has 1 aliphatic rings. The van der Waals surface area contributed by atoms with Crippen molar-refractivity contribution >= 4 is 28.9 Å². The van der Waals surface area contributed by atoms with E-state index in [1.807, 2.05) is 42.5 Å². The summed E-state index contributed by atoms with van der Waals surface area (Å²) in [6.45, 7) is 4.38. The van der Waals surface area contributed by atoms with E-state index in [0.717, 1.165) is 42.5 Å². The highest BCUT2D eigenvalue weighted by Crippen LogP contribution is 2.22. The monoisotopic (exact) mass is 350 g/mol. The Hall–Kier alpha value is -1.26. The molecule has 0 radical (unpaired) electrons. The van der Waals surface area contributed by atoms with Gasteiger partial charge in [-0.25, -0.2) is 0 Å². The minimum absolute atomic E-state index is 0.481. The highest BCUT2D eigenvalue weighted by Gasteiger charge is 2.20. The van der Waals surface area contributed by atoms with Crippen LogP contribution in [0.15, 0.2) is 48.5 Å². The normalized spacial score (nSPS) is 17.3. The fourth-order valence-electron chi connectivity index (χ4n) is 2.90. The third-order valence-corrected chi connectivity index (χ3v) is 4.72. The number of rotatable bonds is 4. The maximum absolute atomic E-state index is 10.4. The van der Waals surface area contributed by atoms with Crippen LogP contribution in [0.1, 0.15) is 11.7 Å². The van der Waals surface area contributed by atoms with Crippen LogP contribution in [0.4, 0.5) is 5.69 Å². The first kappa shape index (κ1) is 16.6. The zero-order valence-electron chi connectivity index (χ0n) is 12.8. The molecule has 0 spiro atoms. The molecule has 0 amide bonds.